The SMILES string of the molecule is CCn1cnc2c1c(=O)n(C(C)CN)c(=O)n2C(C)C. The van der Waals surface area contributed by atoms with Crippen molar-refractivity contribution in [1.29, 1.82) is 0 Å². The van der Waals surface area contributed by atoms with Crippen LogP contribution in [0.15, 0.2) is 15.9 Å². The van der Waals surface area contributed by atoms with Gasteiger partial charge >= 0.3 is 5.69 Å². The van der Waals surface area contributed by atoms with Crippen LogP contribution in [0.4, 0.5) is 0 Å². The molecule has 7 nitrogen and oxygen atoms in total. The van der Waals surface area contributed by atoms with Crippen molar-refractivity contribution in [2.45, 2.75) is 46.3 Å². The Labute approximate surface area is 116 Å². The molecule has 0 amide bonds. The number of rotatable bonds is 4. The maximum atomic E-state index is 12.6. The van der Waals surface area contributed by atoms with Gasteiger partial charge in [-0.2, -0.15) is 0 Å². The van der Waals surface area contributed by atoms with E-state index in [0.717, 1.165) is 0 Å². The second-order valence-electron chi connectivity index (χ2n) is 5.21. The normalized spacial score (nSPS) is 13.3. The molecule has 2 heterocycles. The van der Waals surface area contributed by atoms with Gasteiger partial charge in [-0.25, -0.2) is 9.78 Å². The third-order valence-corrected chi connectivity index (χ3v) is 3.52. The predicted octanol–water partition coefficient (Wildman–Crippen LogP) is 0.480. The van der Waals surface area contributed by atoms with Crippen LogP contribution in [0.2, 0.25) is 0 Å². The summed E-state index contributed by atoms with van der Waals surface area (Å²) in [5.74, 6) is 0. The second kappa shape index (κ2) is 5.24. The lowest BCUT2D eigenvalue weighted by Crippen LogP contribution is -2.44. The first-order valence-corrected chi connectivity index (χ1v) is 6.85. The standard InChI is InChI=1S/C13H21N5O2/c1-5-16-7-15-11-10(16)12(19)18(9(4)6-14)13(20)17(11)8(2)3/h7-9H,5-6,14H2,1-4H3. The fourth-order valence-electron chi connectivity index (χ4n) is 2.37. The Morgan fingerprint density at radius 3 is 2.40 bits per heavy atom. The molecule has 0 aliphatic heterocycles. The van der Waals surface area contributed by atoms with E-state index in [1.807, 2.05) is 20.8 Å². The number of aromatic nitrogens is 4. The molecule has 1 unspecified atom stereocenters. The number of hydrogen-bond donors (Lipinski definition) is 1. The van der Waals surface area contributed by atoms with Gasteiger partial charge in [0.15, 0.2) is 11.2 Å². The van der Waals surface area contributed by atoms with Gasteiger partial charge in [-0.3, -0.25) is 13.9 Å². The summed E-state index contributed by atoms with van der Waals surface area (Å²) < 4.78 is 4.54. The molecule has 2 aromatic heterocycles. The van der Waals surface area contributed by atoms with Gasteiger partial charge in [-0.15, -0.1) is 0 Å². The zero-order valence-corrected chi connectivity index (χ0v) is 12.3. The lowest BCUT2D eigenvalue weighted by Gasteiger charge is -2.17. The van der Waals surface area contributed by atoms with E-state index in [9.17, 15) is 9.59 Å². The van der Waals surface area contributed by atoms with Gasteiger partial charge in [0.1, 0.15) is 0 Å². The molecular weight excluding hydrogens is 258 g/mol. The second-order valence-corrected chi connectivity index (χ2v) is 5.21. The molecule has 0 saturated carbocycles. The molecule has 0 bridgehead atoms. The van der Waals surface area contributed by atoms with Gasteiger partial charge < -0.3 is 10.3 Å². The number of fused-ring (bicyclic) bond motifs is 1. The molecule has 0 saturated heterocycles. The highest BCUT2D eigenvalue weighted by Gasteiger charge is 2.21. The van der Waals surface area contributed by atoms with Crippen LogP contribution < -0.4 is 17.0 Å². The molecule has 0 aliphatic carbocycles. The number of nitrogens with two attached hydrogens (primary N) is 1. The molecule has 0 fully saturated rings. The van der Waals surface area contributed by atoms with Crippen molar-refractivity contribution in [3.8, 4) is 0 Å². The van der Waals surface area contributed by atoms with Crippen molar-refractivity contribution in [3.05, 3.63) is 27.2 Å². The molecule has 2 aromatic rings. The molecule has 0 aliphatic rings. The summed E-state index contributed by atoms with van der Waals surface area (Å²) in [6.07, 6.45) is 1.60. The Hall–Kier alpha value is -1.89. The van der Waals surface area contributed by atoms with Crippen molar-refractivity contribution in [1.82, 2.24) is 18.7 Å². The number of imidazole rings is 1. The van der Waals surface area contributed by atoms with Crippen LogP contribution in [0.5, 0.6) is 0 Å². The molecule has 110 valence electrons. The van der Waals surface area contributed by atoms with Gasteiger partial charge in [-0.05, 0) is 27.7 Å². The summed E-state index contributed by atoms with van der Waals surface area (Å²) in [4.78, 5) is 29.4. The van der Waals surface area contributed by atoms with Crippen molar-refractivity contribution in [3.63, 3.8) is 0 Å². The minimum absolute atomic E-state index is 0.0815. The van der Waals surface area contributed by atoms with Crippen LogP contribution in [0.3, 0.4) is 0 Å². The quantitative estimate of drug-likeness (QED) is 0.881. The van der Waals surface area contributed by atoms with Crippen molar-refractivity contribution >= 4 is 11.2 Å². The summed E-state index contributed by atoms with van der Waals surface area (Å²) in [5.41, 5.74) is 5.86. The number of hydrogen-bond acceptors (Lipinski definition) is 4. The lowest BCUT2D eigenvalue weighted by atomic mass is 10.3. The number of aryl methyl sites for hydroxylation is 1. The summed E-state index contributed by atoms with van der Waals surface area (Å²) >= 11 is 0. The zero-order valence-electron chi connectivity index (χ0n) is 12.3. The average Bonchev–Trinajstić information content (AvgIpc) is 2.81. The average molecular weight is 279 g/mol. The molecule has 0 aromatic carbocycles. The third kappa shape index (κ3) is 1.98. The summed E-state index contributed by atoms with van der Waals surface area (Å²) in [7, 11) is 0. The monoisotopic (exact) mass is 279 g/mol. The van der Waals surface area contributed by atoms with Gasteiger partial charge in [-0.1, -0.05) is 0 Å². The van der Waals surface area contributed by atoms with Crippen LogP contribution >= 0.6 is 0 Å². The summed E-state index contributed by atoms with van der Waals surface area (Å²) in [5, 5.41) is 0. The number of nitrogens with zero attached hydrogens (tertiary/aromatic N) is 4. The topological polar surface area (TPSA) is 87.8 Å². The Morgan fingerprint density at radius 2 is 1.90 bits per heavy atom. The molecule has 2 N–H and O–H groups in total. The highest BCUT2D eigenvalue weighted by molar-refractivity contribution is 5.70. The first kappa shape index (κ1) is 14.5. The van der Waals surface area contributed by atoms with Gasteiger partial charge in [0.2, 0.25) is 0 Å². The molecule has 0 radical (unpaired) electrons. The fourth-order valence-corrected chi connectivity index (χ4v) is 2.37. The van der Waals surface area contributed by atoms with Crippen LogP contribution in [-0.4, -0.2) is 25.2 Å². The summed E-state index contributed by atoms with van der Waals surface area (Å²) in [6, 6.07) is -0.424. The maximum absolute atomic E-state index is 12.6. The summed E-state index contributed by atoms with van der Waals surface area (Å²) in [6.45, 7) is 8.35. The van der Waals surface area contributed by atoms with Crippen LogP contribution in [0.1, 0.15) is 39.8 Å². The van der Waals surface area contributed by atoms with Crippen LogP contribution in [0.25, 0.3) is 11.2 Å². The minimum atomic E-state index is -0.350. The Kier molecular flexibility index (Phi) is 3.80. The van der Waals surface area contributed by atoms with Crippen LogP contribution in [-0.2, 0) is 6.54 Å². The predicted molar refractivity (Wildman–Crippen MR) is 78.1 cm³/mol. The van der Waals surface area contributed by atoms with E-state index < -0.39 is 0 Å². The molecule has 0 spiro atoms. The van der Waals surface area contributed by atoms with E-state index in [4.69, 9.17) is 5.73 Å². The van der Waals surface area contributed by atoms with Crippen molar-refractivity contribution in [2.75, 3.05) is 6.54 Å². The molecule has 20 heavy (non-hydrogen) atoms. The van der Waals surface area contributed by atoms with E-state index in [2.05, 4.69) is 4.98 Å². The first-order valence-electron chi connectivity index (χ1n) is 6.85. The van der Waals surface area contributed by atoms with E-state index >= 15 is 0 Å². The third-order valence-electron chi connectivity index (χ3n) is 3.52. The lowest BCUT2D eigenvalue weighted by molar-refractivity contribution is 0.468. The Balaban J connectivity index is 3.01. The van der Waals surface area contributed by atoms with E-state index in [1.165, 1.54) is 4.57 Å². The molecule has 2 rings (SSSR count). The Morgan fingerprint density at radius 1 is 1.25 bits per heavy atom. The van der Waals surface area contributed by atoms with Gasteiger partial charge in [0, 0.05) is 19.1 Å². The largest absolute Gasteiger partial charge is 0.333 e. The highest BCUT2D eigenvalue weighted by atomic mass is 16.2. The smallest absolute Gasteiger partial charge is 0.328 e. The van der Waals surface area contributed by atoms with E-state index in [-0.39, 0.29) is 29.9 Å². The minimum Gasteiger partial charge on any atom is -0.328 e. The van der Waals surface area contributed by atoms with Gasteiger partial charge in [0.05, 0.1) is 12.4 Å². The van der Waals surface area contributed by atoms with E-state index in [1.54, 1.807) is 22.4 Å². The zero-order chi connectivity index (χ0) is 15.0. The first-order chi connectivity index (χ1) is 9.43. The molecular formula is C13H21N5O2. The highest BCUT2D eigenvalue weighted by Crippen LogP contribution is 2.12. The molecule has 7 heteroatoms. The molecule has 1 atom stereocenters. The maximum Gasteiger partial charge on any atom is 0.333 e. The van der Waals surface area contributed by atoms with Gasteiger partial charge in [0.25, 0.3) is 5.56 Å². The van der Waals surface area contributed by atoms with E-state index in [0.29, 0.717) is 17.7 Å². The van der Waals surface area contributed by atoms with Crippen molar-refractivity contribution < 1.29 is 0 Å². The van der Waals surface area contributed by atoms with Crippen LogP contribution in [0, 0.1) is 0 Å². The van der Waals surface area contributed by atoms with Crippen molar-refractivity contribution in [2.24, 2.45) is 5.73 Å². The fraction of sp³-hybridized carbons (Fsp3) is 0.615. The Bertz CT molecular complexity index is 738.